The second kappa shape index (κ2) is 12.4. The summed E-state index contributed by atoms with van der Waals surface area (Å²) in [5.41, 5.74) is 3.37. The van der Waals surface area contributed by atoms with Crippen molar-refractivity contribution in [3.8, 4) is 0 Å². The number of fused-ring (bicyclic) bond motifs is 1. The van der Waals surface area contributed by atoms with Crippen molar-refractivity contribution in [2.24, 2.45) is 0 Å². The lowest BCUT2D eigenvalue weighted by molar-refractivity contribution is -0.149. The summed E-state index contributed by atoms with van der Waals surface area (Å²) < 4.78 is 47.2. The highest BCUT2D eigenvalue weighted by atomic mass is 32.2. The van der Waals surface area contributed by atoms with Gasteiger partial charge in [-0.3, -0.25) is 9.59 Å². The van der Waals surface area contributed by atoms with E-state index in [2.05, 4.69) is 5.32 Å². The van der Waals surface area contributed by atoms with Crippen molar-refractivity contribution < 1.29 is 27.1 Å². The number of carbonyl (C=O) groups excluding carboxylic acids is 2. The van der Waals surface area contributed by atoms with Gasteiger partial charge in [0.25, 0.3) is 5.91 Å². The Morgan fingerprint density at radius 2 is 1.44 bits per heavy atom. The van der Waals surface area contributed by atoms with Crippen molar-refractivity contribution in [1.82, 2.24) is 9.62 Å². The van der Waals surface area contributed by atoms with E-state index in [0.717, 1.165) is 28.8 Å². The summed E-state index contributed by atoms with van der Waals surface area (Å²) in [6.07, 6.45) is 0.177. The minimum Gasteiger partial charge on any atom is -0.456 e. The molecule has 1 unspecified atom stereocenters. The van der Waals surface area contributed by atoms with E-state index in [4.69, 9.17) is 4.74 Å². The van der Waals surface area contributed by atoms with Gasteiger partial charge in [0.05, 0.1) is 23.4 Å². The molecule has 4 aromatic rings. The van der Waals surface area contributed by atoms with E-state index in [0.29, 0.717) is 12.0 Å². The Morgan fingerprint density at radius 3 is 2.07 bits per heavy atom. The van der Waals surface area contributed by atoms with Crippen LogP contribution in [0.1, 0.15) is 40.8 Å². The first kappa shape index (κ1) is 28.2. The highest BCUT2D eigenvalue weighted by molar-refractivity contribution is 7.89. The Kier molecular flexibility index (Phi) is 8.56. The molecule has 0 saturated heterocycles. The van der Waals surface area contributed by atoms with Crippen molar-refractivity contribution in [2.45, 2.75) is 29.8 Å². The number of amides is 1. The SMILES string of the molecule is O=C(COC(=O)CC1c2ccccc2CCN1S(=O)(=O)c1ccc(F)cc1)NC(c1ccccc1)c1ccccc1. The predicted octanol–water partition coefficient (Wildman–Crippen LogP) is 4.95. The molecule has 1 aliphatic rings. The summed E-state index contributed by atoms with van der Waals surface area (Å²) in [6.45, 7) is -0.376. The smallest absolute Gasteiger partial charge is 0.308 e. The molecule has 1 amide bonds. The molecule has 0 bridgehead atoms. The zero-order valence-electron chi connectivity index (χ0n) is 22.2. The van der Waals surface area contributed by atoms with Crippen LogP contribution in [-0.4, -0.2) is 37.8 Å². The number of nitrogens with zero attached hydrogens (tertiary/aromatic N) is 1. The van der Waals surface area contributed by atoms with E-state index in [1.807, 2.05) is 72.8 Å². The zero-order chi connectivity index (χ0) is 28.8. The van der Waals surface area contributed by atoms with Gasteiger partial charge in [-0.25, -0.2) is 12.8 Å². The lowest BCUT2D eigenvalue weighted by Crippen LogP contribution is -2.41. The van der Waals surface area contributed by atoms with Crippen molar-refractivity contribution in [2.75, 3.05) is 13.2 Å². The van der Waals surface area contributed by atoms with E-state index < -0.39 is 46.4 Å². The summed E-state index contributed by atoms with van der Waals surface area (Å²) in [7, 11) is -4.05. The number of nitrogens with one attached hydrogen (secondary N) is 1. The van der Waals surface area contributed by atoms with Gasteiger partial charge in [-0.15, -0.1) is 0 Å². The van der Waals surface area contributed by atoms with E-state index in [1.165, 1.54) is 16.4 Å². The second-order valence-electron chi connectivity index (χ2n) is 9.72. The summed E-state index contributed by atoms with van der Waals surface area (Å²) in [6, 6.07) is 29.6. The van der Waals surface area contributed by atoms with E-state index >= 15 is 0 Å². The average Bonchev–Trinajstić information content (AvgIpc) is 3.00. The number of hydrogen-bond acceptors (Lipinski definition) is 5. The maximum atomic E-state index is 13.5. The van der Waals surface area contributed by atoms with Crippen molar-refractivity contribution in [3.05, 3.63) is 137 Å². The fourth-order valence-corrected chi connectivity index (χ4v) is 6.69. The van der Waals surface area contributed by atoms with Gasteiger partial charge in [0.2, 0.25) is 10.0 Å². The van der Waals surface area contributed by atoms with Gasteiger partial charge in [0.15, 0.2) is 6.61 Å². The fraction of sp³-hybridized carbons (Fsp3) is 0.188. The Hall–Kier alpha value is -4.34. The van der Waals surface area contributed by atoms with Crippen LogP contribution in [0, 0.1) is 5.82 Å². The first-order valence-electron chi connectivity index (χ1n) is 13.2. The molecule has 1 heterocycles. The number of carbonyl (C=O) groups is 2. The van der Waals surface area contributed by atoms with Gasteiger partial charge < -0.3 is 10.1 Å². The predicted molar refractivity (Wildman–Crippen MR) is 152 cm³/mol. The molecule has 0 aromatic heterocycles. The average molecular weight is 573 g/mol. The maximum Gasteiger partial charge on any atom is 0.308 e. The Balaban J connectivity index is 1.30. The van der Waals surface area contributed by atoms with Crippen LogP contribution >= 0.6 is 0 Å². The molecule has 1 atom stereocenters. The molecular formula is C32H29FN2O5S. The van der Waals surface area contributed by atoms with Crippen LogP contribution in [-0.2, 0) is 30.8 Å². The molecule has 0 saturated carbocycles. The third-order valence-electron chi connectivity index (χ3n) is 7.08. The molecule has 0 spiro atoms. The minimum absolute atomic E-state index is 0.0658. The van der Waals surface area contributed by atoms with Gasteiger partial charge in [-0.1, -0.05) is 84.9 Å². The molecule has 9 heteroatoms. The molecule has 210 valence electrons. The van der Waals surface area contributed by atoms with Gasteiger partial charge >= 0.3 is 5.97 Å². The van der Waals surface area contributed by atoms with Crippen LogP contribution < -0.4 is 5.32 Å². The number of esters is 1. The molecule has 1 N–H and O–H groups in total. The molecule has 0 aliphatic carbocycles. The summed E-state index contributed by atoms with van der Waals surface area (Å²) in [5, 5.41) is 2.93. The third kappa shape index (κ3) is 6.53. The first-order valence-corrected chi connectivity index (χ1v) is 14.7. The van der Waals surface area contributed by atoms with Crippen LogP contribution in [0.25, 0.3) is 0 Å². The lowest BCUT2D eigenvalue weighted by atomic mass is 9.92. The summed E-state index contributed by atoms with van der Waals surface area (Å²) >= 11 is 0. The number of benzene rings is 4. The number of sulfonamides is 1. The number of hydrogen-bond donors (Lipinski definition) is 1. The quantitative estimate of drug-likeness (QED) is 0.287. The molecule has 0 fully saturated rings. The van der Waals surface area contributed by atoms with Gasteiger partial charge in [0, 0.05) is 6.54 Å². The maximum absolute atomic E-state index is 13.5. The van der Waals surface area contributed by atoms with Crippen LogP contribution in [0.15, 0.2) is 114 Å². The molecule has 7 nitrogen and oxygen atoms in total. The molecule has 4 aromatic carbocycles. The largest absolute Gasteiger partial charge is 0.456 e. The second-order valence-corrected chi connectivity index (χ2v) is 11.6. The summed E-state index contributed by atoms with van der Waals surface area (Å²) in [4.78, 5) is 25.9. The van der Waals surface area contributed by atoms with Crippen LogP contribution in [0.5, 0.6) is 0 Å². The number of rotatable bonds is 9. The van der Waals surface area contributed by atoms with E-state index in [1.54, 1.807) is 12.1 Å². The van der Waals surface area contributed by atoms with Crippen molar-refractivity contribution >= 4 is 21.9 Å². The molecule has 0 radical (unpaired) electrons. The molecule has 1 aliphatic heterocycles. The Bertz CT molecular complexity index is 1570. The Labute approximate surface area is 238 Å². The van der Waals surface area contributed by atoms with E-state index in [-0.39, 0.29) is 17.9 Å². The monoisotopic (exact) mass is 572 g/mol. The van der Waals surface area contributed by atoms with Gasteiger partial charge in [0.1, 0.15) is 5.82 Å². The van der Waals surface area contributed by atoms with Crippen LogP contribution in [0.3, 0.4) is 0 Å². The van der Waals surface area contributed by atoms with Gasteiger partial charge in [-0.05, 0) is 52.9 Å². The van der Waals surface area contributed by atoms with Crippen molar-refractivity contribution in [1.29, 1.82) is 0 Å². The highest BCUT2D eigenvalue weighted by Crippen LogP contribution is 2.36. The normalized spacial score (nSPS) is 15.2. The zero-order valence-corrected chi connectivity index (χ0v) is 23.0. The highest BCUT2D eigenvalue weighted by Gasteiger charge is 2.38. The minimum atomic E-state index is -4.05. The lowest BCUT2D eigenvalue weighted by Gasteiger charge is -2.36. The standard InChI is InChI=1S/C32H29FN2O5S/c33-26-15-17-27(18-16-26)41(38,39)35-20-19-23-9-7-8-14-28(23)29(35)21-31(37)40-22-30(36)34-32(24-10-3-1-4-11-24)25-12-5-2-6-13-25/h1-18,29,32H,19-22H2,(H,34,36). The Morgan fingerprint density at radius 1 is 0.854 bits per heavy atom. The van der Waals surface area contributed by atoms with Crippen LogP contribution in [0.4, 0.5) is 4.39 Å². The molecule has 41 heavy (non-hydrogen) atoms. The van der Waals surface area contributed by atoms with Gasteiger partial charge in [-0.2, -0.15) is 4.31 Å². The fourth-order valence-electron chi connectivity index (χ4n) is 5.09. The summed E-state index contributed by atoms with van der Waals surface area (Å²) in [5.74, 6) is -1.75. The van der Waals surface area contributed by atoms with E-state index in [9.17, 15) is 22.4 Å². The first-order chi connectivity index (χ1) is 19.8. The topological polar surface area (TPSA) is 92.8 Å². The third-order valence-corrected chi connectivity index (χ3v) is 9.00. The van der Waals surface area contributed by atoms with Crippen molar-refractivity contribution in [3.63, 3.8) is 0 Å². The number of halogens is 1. The number of ether oxygens (including phenoxy) is 1. The molecule has 5 rings (SSSR count). The van der Waals surface area contributed by atoms with Crippen LogP contribution in [0.2, 0.25) is 0 Å². The molecular weight excluding hydrogens is 543 g/mol.